The lowest BCUT2D eigenvalue weighted by molar-refractivity contribution is -0.127. The summed E-state index contributed by atoms with van der Waals surface area (Å²) in [6, 6.07) is 8.62. The third-order valence-corrected chi connectivity index (χ3v) is 4.27. The molecule has 7 heteroatoms. The second-order valence-electron chi connectivity index (χ2n) is 6.22. The molecule has 1 saturated heterocycles. The van der Waals surface area contributed by atoms with Crippen molar-refractivity contribution in [3.05, 3.63) is 42.1 Å². The van der Waals surface area contributed by atoms with Crippen molar-refractivity contribution in [1.82, 2.24) is 20.2 Å². The first-order valence-electron chi connectivity index (χ1n) is 8.66. The Kier molecular flexibility index (Phi) is 5.46. The van der Waals surface area contributed by atoms with E-state index in [4.69, 9.17) is 4.74 Å². The predicted molar refractivity (Wildman–Crippen MR) is 96.8 cm³/mol. The number of rotatable bonds is 6. The van der Waals surface area contributed by atoms with E-state index in [2.05, 4.69) is 15.3 Å². The van der Waals surface area contributed by atoms with E-state index in [0.717, 1.165) is 18.5 Å². The Morgan fingerprint density at radius 1 is 1.38 bits per heavy atom. The van der Waals surface area contributed by atoms with Gasteiger partial charge in [-0.2, -0.15) is 4.98 Å². The lowest BCUT2D eigenvalue weighted by Gasteiger charge is -2.16. The second-order valence-corrected chi connectivity index (χ2v) is 6.22. The van der Waals surface area contributed by atoms with Crippen LogP contribution < -0.4 is 10.1 Å². The van der Waals surface area contributed by atoms with Crippen molar-refractivity contribution in [2.75, 3.05) is 20.2 Å². The van der Waals surface area contributed by atoms with Gasteiger partial charge in [0.2, 0.25) is 11.8 Å². The molecule has 0 bridgehead atoms. The fourth-order valence-corrected chi connectivity index (χ4v) is 3.02. The molecule has 1 aliphatic heterocycles. The van der Waals surface area contributed by atoms with Gasteiger partial charge in [0.05, 0.1) is 13.2 Å². The van der Waals surface area contributed by atoms with Gasteiger partial charge in [0.25, 0.3) is 5.91 Å². The van der Waals surface area contributed by atoms with Crippen molar-refractivity contribution in [2.45, 2.75) is 25.8 Å². The predicted octanol–water partition coefficient (Wildman–Crippen LogP) is 1.89. The van der Waals surface area contributed by atoms with Crippen LogP contribution in [0.2, 0.25) is 0 Å². The van der Waals surface area contributed by atoms with Gasteiger partial charge in [-0.05, 0) is 18.6 Å². The molecule has 0 radical (unpaired) electrons. The number of amides is 2. The highest BCUT2D eigenvalue weighted by Crippen LogP contribution is 2.19. The number of carbonyl (C=O) groups excluding carboxylic acids is 2. The molecular weight excluding hydrogens is 332 g/mol. The van der Waals surface area contributed by atoms with Crippen LogP contribution in [0.1, 0.15) is 30.1 Å². The standard InChI is InChI=1S/C19H22N4O3/c1-3-9-23-12-15(11-17(23)24)21-19(25)14-6-4-5-13(10-14)18-20-8-7-16(22-18)26-2/h4-8,10,15H,3,9,11-12H2,1-2H3,(H,21,25)/t15-/m0/s1. The van der Waals surface area contributed by atoms with Gasteiger partial charge in [0.1, 0.15) is 0 Å². The highest BCUT2D eigenvalue weighted by molar-refractivity contribution is 5.96. The Morgan fingerprint density at radius 2 is 2.23 bits per heavy atom. The minimum absolute atomic E-state index is 0.0932. The minimum Gasteiger partial charge on any atom is -0.481 e. The largest absolute Gasteiger partial charge is 0.481 e. The fourth-order valence-electron chi connectivity index (χ4n) is 3.02. The molecule has 0 spiro atoms. The number of nitrogens with zero attached hydrogens (tertiary/aromatic N) is 3. The van der Waals surface area contributed by atoms with Gasteiger partial charge in [0, 0.05) is 42.9 Å². The van der Waals surface area contributed by atoms with Crippen LogP contribution in [0.25, 0.3) is 11.4 Å². The normalized spacial score (nSPS) is 16.6. The highest BCUT2D eigenvalue weighted by atomic mass is 16.5. The fraction of sp³-hybridized carbons (Fsp3) is 0.368. The zero-order valence-electron chi connectivity index (χ0n) is 14.9. The van der Waals surface area contributed by atoms with Crippen molar-refractivity contribution in [1.29, 1.82) is 0 Å². The summed E-state index contributed by atoms with van der Waals surface area (Å²) in [5, 5.41) is 2.95. The van der Waals surface area contributed by atoms with Crippen molar-refractivity contribution >= 4 is 11.8 Å². The highest BCUT2D eigenvalue weighted by Gasteiger charge is 2.30. The van der Waals surface area contributed by atoms with E-state index >= 15 is 0 Å². The molecule has 0 aliphatic carbocycles. The average Bonchev–Trinajstić information content (AvgIpc) is 3.01. The lowest BCUT2D eigenvalue weighted by Crippen LogP contribution is -2.37. The van der Waals surface area contributed by atoms with E-state index in [-0.39, 0.29) is 17.9 Å². The summed E-state index contributed by atoms with van der Waals surface area (Å²) in [7, 11) is 1.54. The zero-order chi connectivity index (χ0) is 18.5. The van der Waals surface area contributed by atoms with Gasteiger partial charge in [0.15, 0.2) is 5.82 Å². The molecule has 1 aromatic heterocycles. The lowest BCUT2D eigenvalue weighted by atomic mass is 10.1. The van der Waals surface area contributed by atoms with Crippen LogP contribution in [-0.2, 0) is 4.79 Å². The first kappa shape index (κ1) is 17.8. The molecule has 1 N–H and O–H groups in total. The van der Waals surface area contributed by atoms with Gasteiger partial charge >= 0.3 is 0 Å². The SMILES string of the molecule is CCCN1C[C@@H](NC(=O)c2cccc(-c3nccc(OC)n3)c2)CC1=O. The van der Waals surface area contributed by atoms with E-state index in [1.165, 1.54) is 0 Å². The zero-order valence-corrected chi connectivity index (χ0v) is 14.9. The van der Waals surface area contributed by atoms with E-state index in [1.807, 2.05) is 13.0 Å². The van der Waals surface area contributed by atoms with E-state index in [9.17, 15) is 9.59 Å². The first-order chi connectivity index (χ1) is 12.6. The number of aromatic nitrogens is 2. The van der Waals surface area contributed by atoms with Gasteiger partial charge in [-0.15, -0.1) is 0 Å². The number of likely N-dealkylation sites (tertiary alicyclic amines) is 1. The second kappa shape index (κ2) is 7.95. The maximum absolute atomic E-state index is 12.6. The van der Waals surface area contributed by atoms with E-state index in [1.54, 1.807) is 42.5 Å². The van der Waals surface area contributed by atoms with Crippen LogP contribution in [0.4, 0.5) is 0 Å². The smallest absolute Gasteiger partial charge is 0.251 e. The third kappa shape index (κ3) is 3.99. The van der Waals surface area contributed by atoms with Crippen molar-refractivity contribution in [2.24, 2.45) is 0 Å². The number of carbonyl (C=O) groups is 2. The topological polar surface area (TPSA) is 84.4 Å². The molecule has 2 heterocycles. The van der Waals surface area contributed by atoms with Crippen molar-refractivity contribution in [3.63, 3.8) is 0 Å². The summed E-state index contributed by atoms with van der Waals surface area (Å²) < 4.78 is 5.12. The maximum Gasteiger partial charge on any atom is 0.251 e. The van der Waals surface area contributed by atoms with Crippen LogP contribution in [-0.4, -0.2) is 52.9 Å². The molecule has 26 heavy (non-hydrogen) atoms. The maximum atomic E-state index is 12.6. The average molecular weight is 354 g/mol. The first-order valence-corrected chi connectivity index (χ1v) is 8.66. The summed E-state index contributed by atoms with van der Waals surface area (Å²) in [5.74, 6) is 0.844. The Labute approximate surface area is 152 Å². The number of nitrogens with one attached hydrogen (secondary N) is 1. The Balaban J connectivity index is 1.72. The number of hydrogen-bond acceptors (Lipinski definition) is 5. The third-order valence-electron chi connectivity index (χ3n) is 4.27. The Hall–Kier alpha value is -2.96. The van der Waals surface area contributed by atoms with Crippen LogP contribution in [0.15, 0.2) is 36.5 Å². The molecule has 1 aliphatic rings. The van der Waals surface area contributed by atoms with Gasteiger partial charge in [-0.25, -0.2) is 4.98 Å². The molecule has 0 saturated carbocycles. The quantitative estimate of drug-likeness (QED) is 0.856. The molecule has 136 valence electrons. The molecule has 3 rings (SSSR count). The number of benzene rings is 1. The summed E-state index contributed by atoms with van der Waals surface area (Å²) in [6.07, 6.45) is 2.87. The Morgan fingerprint density at radius 3 is 3.00 bits per heavy atom. The molecule has 0 unspecified atom stereocenters. The summed E-state index contributed by atoms with van der Waals surface area (Å²) in [5.41, 5.74) is 1.24. The van der Waals surface area contributed by atoms with Crippen molar-refractivity contribution < 1.29 is 14.3 Å². The van der Waals surface area contributed by atoms with Crippen LogP contribution in [0.3, 0.4) is 0 Å². The van der Waals surface area contributed by atoms with Crippen LogP contribution in [0.5, 0.6) is 5.88 Å². The number of methoxy groups -OCH3 is 1. The monoisotopic (exact) mass is 354 g/mol. The summed E-state index contributed by atoms with van der Waals surface area (Å²) >= 11 is 0. The number of hydrogen-bond donors (Lipinski definition) is 1. The molecule has 2 amide bonds. The van der Waals surface area contributed by atoms with E-state index < -0.39 is 0 Å². The number of ether oxygens (including phenoxy) is 1. The summed E-state index contributed by atoms with van der Waals surface area (Å²) in [6.45, 7) is 3.33. The van der Waals surface area contributed by atoms with Gasteiger partial charge < -0.3 is 15.0 Å². The van der Waals surface area contributed by atoms with Gasteiger partial charge in [-0.1, -0.05) is 19.1 Å². The molecule has 1 atom stereocenters. The van der Waals surface area contributed by atoms with Crippen molar-refractivity contribution in [3.8, 4) is 17.3 Å². The van der Waals surface area contributed by atoms with Crippen LogP contribution in [0, 0.1) is 0 Å². The molecule has 1 aromatic carbocycles. The van der Waals surface area contributed by atoms with Gasteiger partial charge in [-0.3, -0.25) is 9.59 Å². The summed E-state index contributed by atoms with van der Waals surface area (Å²) in [4.78, 5) is 34.8. The molecule has 2 aromatic rings. The molecular formula is C19H22N4O3. The molecule has 7 nitrogen and oxygen atoms in total. The minimum atomic E-state index is -0.203. The van der Waals surface area contributed by atoms with Crippen LogP contribution >= 0.6 is 0 Å². The Bertz CT molecular complexity index is 809. The molecule has 1 fully saturated rings. The van der Waals surface area contributed by atoms with E-state index in [0.29, 0.717) is 30.2 Å².